The number of hydrogen-bond donors (Lipinski definition) is 2. The van der Waals surface area contributed by atoms with Crippen LogP contribution in [0.25, 0.3) is 10.9 Å². The average Bonchev–Trinajstić information content (AvgIpc) is 2.54. The Hall–Kier alpha value is -1.45. The lowest BCUT2D eigenvalue weighted by Gasteiger charge is -2.30. The largest absolute Gasteiger partial charge is 0.390 e. The van der Waals surface area contributed by atoms with Crippen molar-refractivity contribution < 1.29 is 10.2 Å². The van der Waals surface area contributed by atoms with Gasteiger partial charge in [-0.3, -0.25) is 4.98 Å². The molecule has 106 valence electrons. The summed E-state index contributed by atoms with van der Waals surface area (Å²) in [6, 6.07) is 9.53. The van der Waals surface area contributed by atoms with Gasteiger partial charge in [0.25, 0.3) is 0 Å². The van der Waals surface area contributed by atoms with E-state index in [1.54, 1.807) is 6.20 Å². The zero-order valence-corrected chi connectivity index (χ0v) is 11.6. The van der Waals surface area contributed by atoms with Crippen molar-refractivity contribution in [1.29, 1.82) is 0 Å². The molecule has 2 aromatic rings. The molecule has 20 heavy (non-hydrogen) atoms. The van der Waals surface area contributed by atoms with E-state index in [0.29, 0.717) is 0 Å². The third-order valence-electron chi connectivity index (χ3n) is 4.45. The number of pyridine rings is 1. The van der Waals surface area contributed by atoms with Crippen LogP contribution in [0.4, 0.5) is 0 Å². The number of nitrogens with zero attached hydrogens (tertiary/aromatic N) is 1. The Morgan fingerprint density at radius 2 is 1.80 bits per heavy atom. The molecule has 3 nitrogen and oxygen atoms in total. The molecule has 3 heteroatoms. The second-order valence-corrected chi connectivity index (χ2v) is 5.75. The number of benzene rings is 1. The minimum absolute atomic E-state index is 0.214. The molecule has 1 aromatic carbocycles. The summed E-state index contributed by atoms with van der Waals surface area (Å²) in [4.78, 5) is 4.30. The number of hydrogen-bond acceptors (Lipinski definition) is 3. The highest BCUT2D eigenvalue weighted by atomic mass is 16.3. The smallest absolute Gasteiger partial charge is 0.106 e. The molecule has 1 aliphatic rings. The van der Waals surface area contributed by atoms with Gasteiger partial charge in [0.2, 0.25) is 0 Å². The summed E-state index contributed by atoms with van der Waals surface area (Å²) in [6.45, 7) is 0. The molecule has 2 atom stereocenters. The van der Waals surface area contributed by atoms with Gasteiger partial charge in [0, 0.05) is 11.6 Å². The first kappa shape index (κ1) is 13.5. The molecule has 3 rings (SSSR count). The van der Waals surface area contributed by atoms with Gasteiger partial charge >= 0.3 is 0 Å². The molecule has 1 aromatic heterocycles. The van der Waals surface area contributed by atoms with Crippen LogP contribution in [-0.2, 0) is 0 Å². The molecule has 0 bridgehead atoms. The maximum absolute atomic E-state index is 10.6. The van der Waals surface area contributed by atoms with Crippen molar-refractivity contribution in [3.8, 4) is 0 Å². The molecule has 0 radical (unpaired) electrons. The van der Waals surface area contributed by atoms with E-state index in [4.69, 9.17) is 0 Å². The van der Waals surface area contributed by atoms with Gasteiger partial charge < -0.3 is 10.2 Å². The molecule has 1 fully saturated rings. The van der Waals surface area contributed by atoms with Crippen LogP contribution in [0.5, 0.6) is 0 Å². The van der Waals surface area contributed by atoms with Crippen molar-refractivity contribution >= 4 is 10.9 Å². The van der Waals surface area contributed by atoms with E-state index in [9.17, 15) is 10.2 Å². The van der Waals surface area contributed by atoms with Crippen molar-refractivity contribution in [1.82, 2.24) is 4.98 Å². The maximum atomic E-state index is 10.6. The number of rotatable bonds is 3. The Balaban J connectivity index is 1.89. The van der Waals surface area contributed by atoms with E-state index in [1.807, 2.05) is 30.3 Å². The molecule has 2 N–H and O–H groups in total. The van der Waals surface area contributed by atoms with Crippen LogP contribution in [0.15, 0.2) is 36.5 Å². The van der Waals surface area contributed by atoms with Gasteiger partial charge in [-0.1, -0.05) is 37.5 Å². The summed E-state index contributed by atoms with van der Waals surface area (Å²) in [5.74, 6) is 0.214. The van der Waals surface area contributed by atoms with Gasteiger partial charge in [0.05, 0.1) is 11.6 Å². The summed E-state index contributed by atoms with van der Waals surface area (Å²) in [5, 5.41) is 22.0. The summed E-state index contributed by atoms with van der Waals surface area (Å²) >= 11 is 0. The fourth-order valence-electron chi connectivity index (χ4n) is 3.30. The Labute approximate surface area is 119 Å². The summed E-state index contributed by atoms with van der Waals surface area (Å²) in [7, 11) is 0. The van der Waals surface area contributed by atoms with E-state index in [-0.39, 0.29) is 5.92 Å². The molecule has 0 amide bonds. The SMILES string of the molecule is OC(c1cccc2ncccc12)C(O)C1CCCCC1. The highest BCUT2D eigenvalue weighted by Crippen LogP contribution is 2.34. The van der Waals surface area contributed by atoms with Gasteiger partial charge in [-0.05, 0) is 36.5 Å². The number of aliphatic hydroxyl groups excluding tert-OH is 2. The lowest BCUT2D eigenvalue weighted by molar-refractivity contribution is -0.0278. The van der Waals surface area contributed by atoms with Crippen LogP contribution >= 0.6 is 0 Å². The Kier molecular flexibility index (Phi) is 3.99. The van der Waals surface area contributed by atoms with E-state index in [1.165, 1.54) is 6.42 Å². The predicted octanol–water partition coefficient (Wildman–Crippen LogP) is 3.21. The van der Waals surface area contributed by atoms with Crippen LogP contribution < -0.4 is 0 Å². The second kappa shape index (κ2) is 5.90. The Morgan fingerprint density at radius 3 is 2.60 bits per heavy atom. The number of aliphatic hydroxyl groups is 2. The standard InChI is InChI=1S/C17H21NO2/c19-16(12-6-2-1-3-7-12)17(20)14-8-4-10-15-13(14)9-5-11-18-15/h4-5,8-12,16-17,19-20H,1-3,6-7H2. The monoisotopic (exact) mass is 271 g/mol. The molecule has 1 heterocycles. The topological polar surface area (TPSA) is 53.4 Å². The zero-order chi connectivity index (χ0) is 13.9. The zero-order valence-electron chi connectivity index (χ0n) is 11.6. The summed E-state index contributed by atoms with van der Waals surface area (Å²) < 4.78 is 0. The highest BCUT2D eigenvalue weighted by molar-refractivity contribution is 5.82. The first-order valence-electron chi connectivity index (χ1n) is 7.47. The van der Waals surface area contributed by atoms with E-state index in [2.05, 4.69) is 4.98 Å². The summed E-state index contributed by atoms with van der Waals surface area (Å²) in [5.41, 5.74) is 1.65. The molecular formula is C17H21NO2. The van der Waals surface area contributed by atoms with Crippen molar-refractivity contribution in [3.05, 3.63) is 42.1 Å². The van der Waals surface area contributed by atoms with Gasteiger partial charge in [0.15, 0.2) is 0 Å². The molecule has 2 unspecified atom stereocenters. The van der Waals surface area contributed by atoms with Crippen LogP contribution in [-0.4, -0.2) is 21.3 Å². The van der Waals surface area contributed by atoms with Crippen LogP contribution in [0.2, 0.25) is 0 Å². The van der Waals surface area contributed by atoms with E-state index < -0.39 is 12.2 Å². The average molecular weight is 271 g/mol. The van der Waals surface area contributed by atoms with Crippen molar-refractivity contribution in [2.24, 2.45) is 5.92 Å². The van der Waals surface area contributed by atoms with Crippen LogP contribution in [0.1, 0.15) is 43.8 Å². The molecule has 0 spiro atoms. The third kappa shape index (κ3) is 2.56. The Morgan fingerprint density at radius 1 is 1.00 bits per heavy atom. The molecule has 1 aliphatic carbocycles. The third-order valence-corrected chi connectivity index (χ3v) is 4.45. The molecule has 1 saturated carbocycles. The van der Waals surface area contributed by atoms with Gasteiger partial charge in [0.1, 0.15) is 6.10 Å². The minimum Gasteiger partial charge on any atom is -0.390 e. The molecule has 0 saturated heterocycles. The van der Waals surface area contributed by atoms with Gasteiger partial charge in [-0.15, -0.1) is 0 Å². The van der Waals surface area contributed by atoms with Crippen molar-refractivity contribution in [2.75, 3.05) is 0 Å². The fourth-order valence-corrected chi connectivity index (χ4v) is 3.30. The number of fused-ring (bicyclic) bond motifs is 1. The quantitative estimate of drug-likeness (QED) is 0.901. The Bertz CT molecular complexity index is 573. The predicted molar refractivity (Wildman–Crippen MR) is 79.3 cm³/mol. The summed E-state index contributed by atoms with van der Waals surface area (Å²) in [6.07, 6.45) is 5.83. The first-order valence-corrected chi connectivity index (χ1v) is 7.47. The fraction of sp³-hybridized carbons (Fsp3) is 0.471. The van der Waals surface area contributed by atoms with E-state index in [0.717, 1.165) is 42.1 Å². The van der Waals surface area contributed by atoms with Gasteiger partial charge in [-0.2, -0.15) is 0 Å². The van der Waals surface area contributed by atoms with Crippen LogP contribution in [0.3, 0.4) is 0 Å². The number of aromatic nitrogens is 1. The molecular weight excluding hydrogens is 250 g/mol. The second-order valence-electron chi connectivity index (χ2n) is 5.75. The van der Waals surface area contributed by atoms with Crippen molar-refractivity contribution in [2.45, 2.75) is 44.3 Å². The lowest BCUT2D eigenvalue weighted by atomic mass is 9.81. The van der Waals surface area contributed by atoms with Crippen molar-refractivity contribution in [3.63, 3.8) is 0 Å². The lowest BCUT2D eigenvalue weighted by Crippen LogP contribution is -2.29. The first-order chi connectivity index (χ1) is 9.77. The normalized spacial score (nSPS) is 19.9. The van der Waals surface area contributed by atoms with E-state index >= 15 is 0 Å². The van der Waals surface area contributed by atoms with Crippen LogP contribution in [0, 0.1) is 5.92 Å². The highest BCUT2D eigenvalue weighted by Gasteiger charge is 2.29. The molecule has 0 aliphatic heterocycles. The minimum atomic E-state index is -0.828. The van der Waals surface area contributed by atoms with Gasteiger partial charge in [-0.25, -0.2) is 0 Å². The maximum Gasteiger partial charge on any atom is 0.106 e.